The first-order chi connectivity index (χ1) is 10.9. The number of esters is 1. The summed E-state index contributed by atoms with van der Waals surface area (Å²) in [5, 5.41) is 9.04. The number of carbonyl (C=O) groups excluding carboxylic acids is 1. The Morgan fingerprint density at radius 2 is 1.91 bits per heavy atom. The Bertz CT molecular complexity index is 795. The molecule has 1 aromatic heterocycles. The zero-order valence-corrected chi connectivity index (χ0v) is 12.3. The maximum absolute atomic E-state index is 13.0. The van der Waals surface area contributed by atoms with E-state index in [-0.39, 0.29) is 24.3 Å². The second kappa shape index (κ2) is 6.87. The van der Waals surface area contributed by atoms with E-state index in [1.165, 1.54) is 24.3 Å². The Morgan fingerprint density at radius 3 is 2.48 bits per heavy atom. The minimum atomic E-state index is -1.40. The number of carboxylic acids is 1. The molecule has 1 heterocycles. The van der Waals surface area contributed by atoms with Gasteiger partial charge in [-0.1, -0.05) is 12.1 Å². The normalized spacial score (nSPS) is 10.3. The van der Waals surface area contributed by atoms with Crippen LogP contribution < -0.4 is 5.43 Å². The molecule has 0 aliphatic heterocycles. The third-order valence-corrected chi connectivity index (χ3v) is 3.19. The molecule has 0 amide bonds. The van der Waals surface area contributed by atoms with E-state index in [1.807, 2.05) is 0 Å². The first kappa shape index (κ1) is 16.4. The molecule has 1 aromatic carbocycles. The number of carbonyl (C=O) groups is 2. The highest BCUT2D eigenvalue weighted by Crippen LogP contribution is 2.12. The average Bonchev–Trinajstić information content (AvgIpc) is 2.51. The molecule has 0 aliphatic rings. The van der Waals surface area contributed by atoms with Gasteiger partial charge in [-0.15, -0.1) is 0 Å². The molecule has 0 radical (unpaired) electrons. The van der Waals surface area contributed by atoms with Crippen molar-refractivity contribution in [1.29, 1.82) is 0 Å². The van der Waals surface area contributed by atoms with Gasteiger partial charge in [0.15, 0.2) is 5.43 Å². The summed E-state index contributed by atoms with van der Waals surface area (Å²) in [6.45, 7) is 1.72. The van der Waals surface area contributed by atoms with Gasteiger partial charge in [-0.3, -0.25) is 4.79 Å². The van der Waals surface area contributed by atoms with Crippen LogP contribution in [0.25, 0.3) is 0 Å². The second-order valence-corrected chi connectivity index (χ2v) is 4.71. The van der Waals surface area contributed by atoms with E-state index in [4.69, 9.17) is 9.84 Å². The molecule has 0 atom stereocenters. The van der Waals surface area contributed by atoms with Gasteiger partial charge in [0, 0.05) is 18.2 Å². The number of aromatic amines is 1. The highest BCUT2D eigenvalue weighted by Gasteiger charge is 2.21. The number of aromatic nitrogens is 1. The highest BCUT2D eigenvalue weighted by atomic mass is 19.1. The van der Waals surface area contributed by atoms with Crippen LogP contribution in [0.2, 0.25) is 0 Å². The molecule has 2 rings (SSSR count). The molecule has 6 nitrogen and oxygen atoms in total. The topological polar surface area (TPSA) is 96.5 Å². The molecule has 2 aromatic rings. The molecular formula is C16H14FNO5. The van der Waals surface area contributed by atoms with Crippen molar-refractivity contribution in [2.75, 3.05) is 6.61 Å². The summed E-state index contributed by atoms with van der Waals surface area (Å²) in [7, 11) is 0. The number of pyridine rings is 1. The van der Waals surface area contributed by atoms with Crippen molar-refractivity contribution in [3.05, 3.63) is 68.9 Å². The van der Waals surface area contributed by atoms with Gasteiger partial charge in [0.05, 0.1) is 6.61 Å². The van der Waals surface area contributed by atoms with Crippen molar-refractivity contribution in [3.63, 3.8) is 0 Å². The number of carboxylic acid groups (broad SMARTS) is 1. The Balaban J connectivity index is 2.54. The van der Waals surface area contributed by atoms with Gasteiger partial charge in [0.2, 0.25) is 0 Å². The molecule has 0 saturated heterocycles. The molecule has 0 saturated carbocycles. The Morgan fingerprint density at radius 1 is 1.26 bits per heavy atom. The first-order valence-electron chi connectivity index (χ1n) is 6.83. The lowest BCUT2D eigenvalue weighted by molar-refractivity contribution is 0.0516. The smallest absolute Gasteiger partial charge is 0.355 e. The lowest BCUT2D eigenvalue weighted by Gasteiger charge is -2.09. The summed E-state index contributed by atoms with van der Waals surface area (Å²) in [6.07, 6.45) is 0.940. The van der Waals surface area contributed by atoms with Crippen LogP contribution in [0, 0.1) is 5.82 Å². The number of halogens is 1. The Labute approximate surface area is 130 Å². The number of hydrogen-bond donors (Lipinski definition) is 2. The number of hydrogen-bond acceptors (Lipinski definition) is 4. The molecule has 0 aliphatic carbocycles. The third kappa shape index (κ3) is 3.63. The van der Waals surface area contributed by atoms with Gasteiger partial charge >= 0.3 is 11.9 Å². The predicted molar refractivity (Wildman–Crippen MR) is 79.2 cm³/mol. The Kier molecular flexibility index (Phi) is 4.90. The SMILES string of the molecule is CCOC(=O)c1[nH]cc(C(=O)O)c(=O)c1Cc1ccc(F)cc1. The molecule has 2 N–H and O–H groups in total. The van der Waals surface area contributed by atoms with E-state index < -0.39 is 28.7 Å². The predicted octanol–water partition coefficient (Wildman–Crippen LogP) is 1.98. The van der Waals surface area contributed by atoms with Crippen LogP contribution >= 0.6 is 0 Å². The largest absolute Gasteiger partial charge is 0.477 e. The lowest BCUT2D eigenvalue weighted by Crippen LogP contribution is -2.25. The Hall–Kier alpha value is -2.96. The van der Waals surface area contributed by atoms with Gasteiger partial charge in [-0.25, -0.2) is 14.0 Å². The zero-order valence-electron chi connectivity index (χ0n) is 12.3. The monoisotopic (exact) mass is 319 g/mol. The molecular weight excluding hydrogens is 305 g/mol. The number of ether oxygens (including phenoxy) is 1. The number of aromatic carboxylic acids is 1. The second-order valence-electron chi connectivity index (χ2n) is 4.71. The van der Waals surface area contributed by atoms with Crippen molar-refractivity contribution in [2.24, 2.45) is 0 Å². The number of benzene rings is 1. The van der Waals surface area contributed by atoms with Crippen LogP contribution in [0.3, 0.4) is 0 Å². The number of H-pyrrole nitrogens is 1. The van der Waals surface area contributed by atoms with Crippen LogP contribution in [0.4, 0.5) is 4.39 Å². The standard InChI is InChI=1S/C16H14FNO5/c1-2-23-16(22)13-11(7-9-3-5-10(17)6-4-9)14(19)12(8-18-13)15(20)21/h3-6,8H,2,7H2,1H3,(H,18,19)(H,20,21). The third-order valence-electron chi connectivity index (χ3n) is 3.19. The van der Waals surface area contributed by atoms with Crippen LogP contribution in [-0.4, -0.2) is 28.6 Å². The van der Waals surface area contributed by atoms with Crippen LogP contribution in [0.5, 0.6) is 0 Å². The van der Waals surface area contributed by atoms with E-state index in [2.05, 4.69) is 4.98 Å². The van der Waals surface area contributed by atoms with E-state index in [0.717, 1.165) is 6.20 Å². The maximum Gasteiger partial charge on any atom is 0.355 e. The van der Waals surface area contributed by atoms with Gasteiger partial charge in [-0.05, 0) is 24.6 Å². The number of nitrogens with one attached hydrogen (secondary N) is 1. The molecule has 0 bridgehead atoms. The molecule has 7 heteroatoms. The molecule has 0 unspecified atom stereocenters. The number of rotatable bonds is 5. The molecule has 0 fully saturated rings. The first-order valence-corrected chi connectivity index (χ1v) is 6.83. The summed E-state index contributed by atoms with van der Waals surface area (Å²) in [4.78, 5) is 37.9. The quantitative estimate of drug-likeness (QED) is 0.821. The summed E-state index contributed by atoms with van der Waals surface area (Å²) >= 11 is 0. The fraction of sp³-hybridized carbons (Fsp3) is 0.188. The van der Waals surface area contributed by atoms with Gasteiger partial charge in [0.1, 0.15) is 17.1 Å². The molecule has 0 spiro atoms. The average molecular weight is 319 g/mol. The minimum Gasteiger partial charge on any atom is -0.477 e. The van der Waals surface area contributed by atoms with Crippen LogP contribution in [0.1, 0.15) is 38.9 Å². The minimum absolute atomic E-state index is 0.0229. The molecule has 120 valence electrons. The summed E-state index contributed by atoms with van der Waals surface area (Å²) in [5.41, 5.74) is -0.829. The van der Waals surface area contributed by atoms with E-state index in [9.17, 15) is 18.8 Å². The van der Waals surface area contributed by atoms with Gasteiger partial charge in [0.25, 0.3) is 0 Å². The van der Waals surface area contributed by atoms with Crippen molar-refractivity contribution in [1.82, 2.24) is 4.98 Å². The maximum atomic E-state index is 13.0. The van der Waals surface area contributed by atoms with Crippen molar-refractivity contribution < 1.29 is 23.8 Å². The zero-order chi connectivity index (χ0) is 17.0. The summed E-state index contributed by atoms with van der Waals surface area (Å²) in [6, 6.07) is 5.34. The van der Waals surface area contributed by atoms with E-state index in [0.29, 0.717) is 5.56 Å². The lowest BCUT2D eigenvalue weighted by atomic mass is 10.0. The molecule has 23 heavy (non-hydrogen) atoms. The van der Waals surface area contributed by atoms with Crippen molar-refractivity contribution >= 4 is 11.9 Å². The van der Waals surface area contributed by atoms with Gasteiger partial charge in [-0.2, -0.15) is 0 Å². The van der Waals surface area contributed by atoms with E-state index >= 15 is 0 Å². The van der Waals surface area contributed by atoms with Crippen molar-refractivity contribution in [3.8, 4) is 0 Å². The summed E-state index contributed by atoms with van der Waals surface area (Å²) < 4.78 is 17.8. The highest BCUT2D eigenvalue weighted by molar-refractivity contribution is 5.92. The van der Waals surface area contributed by atoms with Crippen LogP contribution in [0.15, 0.2) is 35.3 Å². The van der Waals surface area contributed by atoms with Crippen molar-refractivity contribution in [2.45, 2.75) is 13.3 Å². The van der Waals surface area contributed by atoms with E-state index in [1.54, 1.807) is 6.92 Å². The fourth-order valence-electron chi connectivity index (χ4n) is 2.09. The fourth-order valence-corrected chi connectivity index (χ4v) is 2.09. The van der Waals surface area contributed by atoms with Crippen LogP contribution in [-0.2, 0) is 11.2 Å². The summed E-state index contributed by atoms with van der Waals surface area (Å²) in [5.74, 6) is -2.59. The van der Waals surface area contributed by atoms with Gasteiger partial charge < -0.3 is 14.8 Å².